The van der Waals surface area contributed by atoms with Crippen LogP contribution in [0.25, 0.3) is 6.08 Å². The van der Waals surface area contributed by atoms with Gasteiger partial charge < -0.3 is 9.47 Å². The molecular formula is C17H10ClF2NO3. The van der Waals surface area contributed by atoms with E-state index >= 15 is 0 Å². The lowest BCUT2D eigenvalue weighted by molar-refractivity contribution is -0.129. The van der Waals surface area contributed by atoms with Gasteiger partial charge in [0.1, 0.15) is 5.75 Å². The van der Waals surface area contributed by atoms with Gasteiger partial charge in [-0.25, -0.2) is 9.79 Å². The topological polar surface area (TPSA) is 47.9 Å². The first-order valence-corrected chi connectivity index (χ1v) is 7.23. The summed E-state index contributed by atoms with van der Waals surface area (Å²) < 4.78 is 33.6. The fourth-order valence-corrected chi connectivity index (χ4v) is 2.28. The second kappa shape index (κ2) is 6.80. The van der Waals surface area contributed by atoms with E-state index in [4.69, 9.17) is 16.3 Å². The summed E-state index contributed by atoms with van der Waals surface area (Å²) >= 11 is 6.05. The SMILES string of the molecule is O=C1OC(c2ccccc2Cl)=N/C1=C\c1ccc(OC(F)F)cc1. The van der Waals surface area contributed by atoms with E-state index in [1.807, 2.05) is 0 Å². The third-order valence-corrected chi connectivity index (χ3v) is 3.46. The minimum absolute atomic E-state index is 0.0291. The minimum atomic E-state index is -2.89. The predicted molar refractivity (Wildman–Crippen MR) is 85.1 cm³/mol. The van der Waals surface area contributed by atoms with Crippen LogP contribution in [0.15, 0.2) is 59.2 Å². The molecule has 0 aromatic heterocycles. The predicted octanol–water partition coefficient (Wildman–Crippen LogP) is 4.29. The van der Waals surface area contributed by atoms with Crippen LogP contribution in [0.2, 0.25) is 5.02 Å². The molecule has 1 aliphatic heterocycles. The van der Waals surface area contributed by atoms with Crippen LogP contribution in [0.3, 0.4) is 0 Å². The highest BCUT2D eigenvalue weighted by Gasteiger charge is 2.25. The van der Waals surface area contributed by atoms with Gasteiger partial charge in [-0.2, -0.15) is 8.78 Å². The van der Waals surface area contributed by atoms with Gasteiger partial charge in [0, 0.05) is 0 Å². The summed E-state index contributed by atoms with van der Waals surface area (Å²) in [5, 5.41) is 0.416. The molecule has 0 N–H and O–H groups in total. The number of nitrogens with zero attached hydrogens (tertiary/aromatic N) is 1. The van der Waals surface area contributed by atoms with E-state index in [0.717, 1.165) is 0 Å². The van der Waals surface area contributed by atoms with Gasteiger partial charge in [0.25, 0.3) is 0 Å². The van der Waals surface area contributed by atoms with E-state index in [9.17, 15) is 13.6 Å². The zero-order valence-corrected chi connectivity index (χ0v) is 12.8. The summed E-state index contributed by atoms with van der Waals surface area (Å²) in [6.45, 7) is -2.89. The molecule has 0 amide bonds. The van der Waals surface area contributed by atoms with Crippen molar-refractivity contribution in [3.8, 4) is 5.75 Å². The lowest BCUT2D eigenvalue weighted by Gasteiger charge is -2.03. The van der Waals surface area contributed by atoms with Crippen molar-refractivity contribution in [1.29, 1.82) is 0 Å². The number of rotatable bonds is 4. The van der Waals surface area contributed by atoms with Gasteiger partial charge in [-0.1, -0.05) is 35.9 Å². The normalized spacial score (nSPS) is 15.6. The molecule has 1 heterocycles. The first-order chi connectivity index (χ1) is 11.5. The van der Waals surface area contributed by atoms with Gasteiger partial charge in [-0.3, -0.25) is 0 Å². The van der Waals surface area contributed by atoms with Gasteiger partial charge in [0.15, 0.2) is 5.70 Å². The number of benzene rings is 2. The summed E-state index contributed by atoms with van der Waals surface area (Å²) in [4.78, 5) is 16.1. The molecule has 2 aromatic rings. The van der Waals surface area contributed by atoms with Crippen LogP contribution in [0.4, 0.5) is 8.78 Å². The number of alkyl halides is 2. The fraction of sp³-hybridized carbons (Fsp3) is 0.0588. The lowest BCUT2D eigenvalue weighted by Crippen LogP contribution is -2.05. The quantitative estimate of drug-likeness (QED) is 0.611. The third kappa shape index (κ3) is 3.60. The van der Waals surface area contributed by atoms with Crippen LogP contribution in [0.1, 0.15) is 11.1 Å². The number of aliphatic imine (C=N–C) groups is 1. The summed E-state index contributed by atoms with van der Waals surface area (Å²) in [5.74, 6) is -0.464. The number of hydrogen-bond donors (Lipinski definition) is 0. The van der Waals surface area contributed by atoms with E-state index in [1.54, 1.807) is 24.3 Å². The van der Waals surface area contributed by atoms with Crippen molar-refractivity contribution in [2.45, 2.75) is 6.61 Å². The second-order valence-electron chi connectivity index (χ2n) is 4.76. The Balaban J connectivity index is 1.85. The van der Waals surface area contributed by atoms with Crippen LogP contribution in [0, 0.1) is 0 Å². The van der Waals surface area contributed by atoms with Crippen molar-refractivity contribution < 1.29 is 23.0 Å². The molecule has 0 fully saturated rings. The largest absolute Gasteiger partial charge is 0.435 e. The van der Waals surface area contributed by atoms with Gasteiger partial charge in [0.05, 0.1) is 10.6 Å². The maximum absolute atomic E-state index is 12.1. The molecule has 4 nitrogen and oxygen atoms in total. The molecule has 3 rings (SSSR count). The molecule has 1 aliphatic rings. The maximum atomic E-state index is 12.1. The number of halogens is 3. The minimum Gasteiger partial charge on any atom is -0.435 e. The van der Waals surface area contributed by atoms with Gasteiger partial charge in [-0.15, -0.1) is 0 Å². The average molecular weight is 350 g/mol. The smallest absolute Gasteiger partial charge is 0.387 e. The number of esters is 1. The molecule has 0 unspecified atom stereocenters. The molecule has 0 saturated heterocycles. The van der Waals surface area contributed by atoms with Crippen LogP contribution >= 0.6 is 11.6 Å². The molecule has 0 saturated carbocycles. The molecule has 0 atom stereocenters. The number of carbonyl (C=O) groups is 1. The zero-order valence-electron chi connectivity index (χ0n) is 12.1. The van der Waals surface area contributed by atoms with Crippen LogP contribution < -0.4 is 4.74 Å². The highest BCUT2D eigenvalue weighted by Crippen LogP contribution is 2.24. The fourth-order valence-electron chi connectivity index (χ4n) is 2.06. The number of hydrogen-bond acceptors (Lipinski definition) is 4. The Morgan fingerprint density at radius 2 is 1.83 bits per heavy atom. The Kier molecular flexibility index (Phi) is 4.57. The van der Waals surface area contributed by atoms with Crippen LogP contribution in [0.5, 0.6) is 5.75 Å². The van der Waals surface area contributed by atoms with Gasteiger partial charge >= 0.3 is 12.6 Å². The molecular weight excluding hydrogens is 340 g/mol. The second-order valence-corrected chi connectivity index (χ2v) is 5.17. The average Bonchev–Trinajstić information content (AvgIpc) is 2.90. The van der Waals surface area contributed by atoms with Gasteiger partial charge in [0.2, 0.25) is 5.90 Å². The monoisotopic (exact) mass is 349 g/mol. The first-order valence-electron chi connectivity index (χ1n) is 6.85. The first kappa shape index (κ1) is 16.1. The number of carbonyl (C=O) groups excluding carboxylic acids is 1. The summed E-state index contributed by atoms with van der Waals surface area (Å²) in [5.41, 5.74) is 1.19. The van der Waals surface area contributed by atoms with Crippen molar-refractivity contribution in [3.05, 3.63) is 70.4 Å². The molecule has 0 radical (unpaired) electrons. The van der Waals surface area contributed by atoms with E-state index in [2.05, 4.69) is 9.73 Å². The highest BCUT2D eigenvalue weighted by molar-refractivity contribution is 6.34. The molecule has 0 aliphatic carbocycles. The lowest BCUT2D eigenvalue weighted by atomic mass is 10.2. The Hall–Kier alpha value is -2.73. The van der Waals surface area contributed by atoms with Crippen molar-refractivity contribution in [2.24, 2.45) is 4.99 Å². The Morgan fingerprint density at radius 1 is 1.12 bits per heavy atom. The van der Waals surface area contributed by atoms with Crippen molar-refractivity contribution in [3.63, 3.8) is 0 Å². The van der Waals surface area contributed by atoms with Gasteiger partial charge in [-0.05, 0) is 35.9 Å². The molecule has 0 spiro atoms. The van der Waals surface area contributed by atoms with Crippen LogP contribution in [-0.2, 0) is 9.53 Å². The summed E-state index contributed by atoms with van der Waals surface area (Å²) in [7, 11) is 0. The molecule has 2 aromatic carbocycles. The van der Waals surface area contributed by atoms with Crippen LogP contribution in [-0.4, -0.2) is 18.5 Å². The standard InChI is InChI=1S/C17H10ClF2NO3/c18-13-4-2-1-3-12(13)15-21-14(16(22)24-15)9-10-5-7-11(8-6-10)23-17(19)20/h1-9,17H/b14-9-. The third-order valence-electron chi connectivity index (χ3n) is 3.13. The molecule has 7 heteroatoms. The van der Waals surface area contributed by atoms with Crippen molar-refractivity contribution >= 4 is 29.5 Å². The van der Waals surface area contributed by atoms with E-state index in [-0.39, 0.29) is 17.3 Å². The Labute approximate surface area is 141 Å². The zero-order chi connectivity index (χ0) is 17.1. The maximum Gasteiger partial charge on any atom is 0.387 e. The van der Waals surface area contributed by atoms with E-state index < -0.39 is 12.6 Å². The van der Waals surface area contributed by atoms with Crippen molar-refractivity contribution in [1.82, 2.24) is 0 Å². The van der Waals surface area contributed by atoms with Crippen molar-refractivity contribution in [2.75, 3.05) is 0 Å². The molecule has 24 heavy (non-hydrogen) atoms. The Bertz CT molecular complexity index is 832. The summed E-state index contributed by atoms with van der Waals surface area (Å²) in [6, 6.07) is 12.7. The molecule has 0 bridgehead atoms. The molecule has 122 valence electrons. The summed E-state index contributed by atoms with van der Waals surface area (Å²) in [6.07, 6.45) is 1.48. The van der Waals surface area contributed by atoms with E-state index in [0.29, 0.717) is 16.1 Å². The number of cyclic esters (lactones) is 1. The highest BCUT2D eigenvalue weighted by atomic mass is 35.5. The Morgan fingerprint density at radius 3 is 2.50 bits per heavy atom. The van der Waals surface area contributed by atoms with E-state index in [1.165, 1.54) is 30.3 Å². The number of ether oxygens (including phenoxy) is 2.